The van der Waals surface area contributed by atoms with Crippen LogP contribution in [-0.2, 0) is 4.74 Å². The number of carbonyl (C=O) groups excluding carboxylic acids is 1. The van der Waals surface area contributed by atoms with E-state index < -0.39 is 5.97 Å². The molecule has 0 fully saturated rings. The monoisotopic (exact) mass is 311 g/mol. The van der Waals surface area contributed by atoms with Crippen LogP contribution in [0.1, 0.15) is 17.3 Å². The molecule has 0 unspecified atom stereocenters. The molecule has 0 spiro atoms. The minimum atomic E-state index is -0.606. The van der Waals surface area contributed by atoms with E-state index in [0.29, 0.717) is 11.5 Å². The molecule has 6 heteroatoms. The van der Waals surface area contributed by atoms with Gasteiger partial charge in [-0.1, -0.05) is 0 Å². The quantitative estimate of drug-likeness (QED) is 0.697. The van der Waals surface area contributed by atoms with Gasteiger partial charge in [0, 0.05) is 0 Å². The topological polar surface area (TPSA) is 72.6 Å². The van der Waals surface area contributed by atoms with Crippen molar-refractivity contribution in [3.05, 3.63) is 34.6 Å². The van der Waals surface area contributed by atoms with Gasteiger partial charge in [-0.05, 0) is 41.1 Å². The van der Waals surface area contributed by atoms with Crippen LogP contribution in [0.25, 0.3) is 11.5 Å². The number of ether oxygens (including phenoxy) is 1. The Balaban J connectivity index is 2.50. The Bertz CT molecular complexity index is 566. The molecule has 2 aromatic rings. The lowest BCUT2D eigenvalue weighted by Crippen LogP contribution is -2.06. The van der Waals surface area contributed by atoms with E-state index in [0.717, 1.165) is 0 Å². The van der Waals surface area contributed by atoms with E-state index in [2.05, 4.69) is 20.9 Å². The molecule has 0 saturated carbocycles. The summed E-state index contributed by atoms with van der Waals surface area (Å²) in [7, 11) is 0. The van der Waals surface area contributed by atoms with Crippen molar-refractivity contribution in [2.75, 3.05) is 6.61 Å². The molecular weight excluding hydrogens is 302 g/mol. The van der Waals surface area contributed by atoms with Gasteiger partial charge in [-0.2, -0.15) is 0 Å². The lowest BCUT2D eigenvalue weighted by Gasteiger charge is -2.07. The predicted octanol–water partition coefficient (Wildman–Crippen LogP) is 2.99. The van der Waals surface area contributed by atoms with Crippen molar-refractivity contribution >= 4 is 21.9 Å². The van der Waals surface area contributed by atoms with Gasteiger partial charge in [0.25, 0.3) is 0 Å². The highest BCUT2D eigenvalue weighted by Gasteiger charge is 2.19. The summed E-state index contributed by atoms with van der Waals surface area (Å²) in [5.41, 5.74) is 0.484. The maximum atomic E-state index is 11.7. The Kier molecular flexibility index (Phi) is 3.66. The number of hydrogen-bond acceptors (Lipinski definition) is 5. The molecule has 0 bridgehead atoms. The fourth-order valence-corrected chi connectivity index (χ4v) is 1.83. The summed E-state index contributed by atoms with van der Waals surface area (Å²) < 4.78 is 10.2. The Morgan fingerprint density at radius 1 is 1.61 bits per heavy atom. The normalized spacial score (nSPS) is 10.3. The lowest BCUT2D eigenvalue weighted by atomic mass is 10.2. The molecule has 5 nitrogen and oxygen atoms in total. The van der Waals surface area contributed by atoms with Crippen LogP contribution in [-0.4, -0.2) is 22.7 Å². The van der Waals surface area contributed by atoms with Crippen molar-refractivity contribution in [1.29, 1.82) is 0 Å². The number of hydrogen-bond donors (Lipinski definition) is 1. The molecule has 0 aromatic carbocycles. The average Bonchev–Trinajstić information content (AvgIpc) is 2.86. The zero-order valence-corrected chi connectivity index (χ0v) is 11.1. The molecule has 0 aliphatic heterocycles. The smallest absolute Gasteiger partial charge is 0.342 e. The van der Waals surface area contributed by atoms with Crippen molar-refractivity contribution < 1.29 is 19.1 Å². The van der Waals surface area contributed by atoms with E-state index >= 15 is 0 Å². The number of pyridine rings is 1. The first-order valence-corrected chi connectivity index (χ1v) is 6.03. The number of aromatic hydroxyl groups is 1. The second-order valence-corrected chi connectivity index (χ2v) is 4.14. The molecule has 2 heterocycles. The SMILES string of the molecule is CCOC(=O)c1cc(-c2ccco2)nc(Br)c1O. The third-order valence-electron chi connectivity index (χ3n) is 2.22. The second kappa shape index (κ2) is 5.22. The lowest BCUT2D eigenvalue weighted by molar-refractivity contribution is 0.0523. The summed E-state index contributed by atoms with van der Waals surface area (Å²) in [6.07, 6.45) is 1.50. The average molecular weight is 312 g/mol. The van der Waals surface area contributed by atoms with Crippen molar-refractivity contribution in [3.63, 3.8) is 0 Å². The summed E-state index contributed by atoms with van der Waals surface area (Å²) >= 11 is 3.09. The molecule has 0 radical (unpaired) electrons. The van der Waals surface area contributed by atoms with Crippen LogP contribution in [0, 0.1) is 0 Å². The van der Waals surface area contributed by atoms with Crippen LogP contribution in [0.3, 0.4) is 0 Å². The first kappa shape index (κ1) is 12.6. The molecule has 0 saturated heterocycles. The van der Waals surface area contributed by atoms with Gasteiger partial charge >= 0.3 is 5.97 Å². The summed E-state index contributed by atoms with van der Waals surface area (Å²) in [5.74, 6) is -0.351. The molecule has 0 amide bonds. The van der Waals surface area contributed by atoms with Crippen molar-refractivity contribution in [3.8, 4) is 17.2 Å². The maximum absolute atomic E-state index is 11.7. The zero-order chi connectivity index (χ0) is 13.1. The van der Waals surface area contributed by atoms with Crippen molar-refractivity contribution in [2.24, 2.45) is 0 Å². The maximum Gasteiger partial charge on any atom is 0.342 e. The van der Waals surface area contributed by atoms with Gasteiger partial charge in [0.15, 0.2) is 11.5 Å². The van der Waals surface area contributed by atoms with Gasteiger partial charge in [0.1, 0.15) is 15.9 Å². The van der Waals surface area contributed by atoms with Crippen molar-refractivity contribution in [1.82, 2.24) is 4.98 Å². The molecule has 2 rings (SSSR count). The highest BCUT2D eigenvalue weighted by molar-refractivity contribution is 9.10. The fourth-order valence-electron chi connectivity index (χ4n) is 1.42. The van der Waals surface area contributed by atoms with Crippen LogP contribution in [0.15, 0.2) is 33.5 Å². The Morgan fingerprint density at radius 2 is 2.39 bits per heavy atom. The molecule has 0 atom stereocenters. The van der Waals surface area contributed by atoms with E-state index in [1.807, 2.05) is 0 Å². The van der Waals surface area contributed by atoms with Crippen LogP contribution >= 0.6 is 15.9 Å². The number of carbonyl (C=O) groups is 1. The minimum Gasteiger partial charge on any atom is -0.504 e. The Morgan fingerprint density at radius 3 is 3.00 bits per heavy atom. The summed E-state index contributed by atoms with van der Waals surface area (Å²) in [6.45, 7) is 1.92. The van der Waals surface area contributed by atoms with E-state index in [1.165, 1.54) is 12.3 Å². The number of rotatable bonds is 3. The van der Waals surface area contributed by atoms with Gasteiger partial charge in [0.2, 0.25) is 0 Å². The van der Waals surface area contributed by atoms with Gasteiger partial charge < -0.3 is 14.3 Å². The third-order valence-corrected chi connectivity index (χ3v) is 2.77. The number of aromatic nitrogens is 1. The predicted molar refractivity (Wildman–Crippen MR) is 67.3 cm³/mol. The molecule has 0 aliphatic carbocycles. The van der Waals surface area contributed by atoms with Gasteiger partial charge in [-0.15, -0.1) is 0 Å². The summed E-state index contributed by atoms with van der Waals surface area (Å²) in [6, 6.07) is 4.85. The van der Waals surface area contributed by atoms with E-state index in [1.54, 1.807) is 19.1 Å². The number of esters is 1. The van der Waals surface area contributed by atoms with E-state index in [4.69, 9.17) is 9.15 Å². The second-order valence-electron chi connectivity index (χ2n) is 3.39. The highest BCUT2D eigenvalue weighted by Crippen LogP contribution is 2.31. The molecule has 1 N–H and O–H groups in total. The highest BCUT2D eigenvalue weighted by atomic mass is 79.9. The Hall–Kier alpha value is -1.82. The first-order valence-electron chi connectivity index (χ1n) is 5.24. The summed E-state index contributed by atoms with van der Waals surface area (Å²) in [5, 5.41) is 9.78. The molecule has 94 valence electrons. The van der Waals surface area contributed by atoms with Gasteiger partial charge in [0.05, 0.1) is 12.9 Å². The van der Waals surface area contributed by atoms with Gasteiger partial charge in [-0.3, -0.25) is 0 Å². The molecule has 18 heavy (non-hydrogen) atoms. The number of nitrogens with zero attached hydrogens (tertiary/aromatic N) is 1. The minimum absolute atomic E-state index is 0.0464. The third kappa shape index (κ3) is 2.38. The van der Waals surface area contributed by atoms with E-state index in [-0.39, 0.29) is 22.5 Å². The number of halogens is 1. The molecule has 2 aromatic heterocycles. The van der Waals surface area contributed by atoms with E-state index in [9.17, 15) is 9.90 Å². The van der Waals surface area contributed by atoms with Crippen LogP contribution in [0.2, 0.25) is 0 Å². The molecular formula is C12H10BrNO4. The zero-order valence-electron chi connectivity index (χ0n) is 9.51. The van der Waals surface area contributed by atoms with Crippen LogP contribution < -0.4 is 0 Å². The van der Waals surface area contributed by atoms with Gasteiger partial charge in [-0.25, -0.2) is 9.78 Å². The standard InChI is InChI=1S/C12H10BrNO4/c1-2-17-12(16)7-6-8(9-4-3-5-18-9)14-11(13)10(7)15/h3-6,15H,2H2,1H3. The van der Waals surface area contributed by atoms with Crippen LogP contribution in [0.5, 0.6) is 5.75 Å². The van der Waals surface area contributed by atoms with Crippen LogP contribution in [0.4, 0.5) is 0 Å². The number of furan rings is 1. The largest absolute Gasteiger partial charge is 0.504 e. The molecule has 0 aliphatic rings. The first-order chi connectivity index (χ1) is 8.63. The van der Waals surface area contributed by atoms with Crippen molar-refractivity contribution in [2.45, 2.75) is 6.92 Å². The summed E-state index contributed by atoms with van der Waals surface area (Å²) in [4.78, 5) is 15.8. The fraction of sp³-hybridized carbons (Fsp3) is 0.167. The Labute approximate surface area is 112 Å².